The van der Waals surface area contributed by atoms with E-state index in [1.165, 1.54) is 5.69 Å². The van der Waals surface area contributed by atoms with E-state index in [9.17, 15) is 4.79 Å². The molecule has 1 aliphatic rings. The van der Waals surface area contributed by atoms with Crippen molar-refractivity contribution in [3.63, 3.8) is 0 Å². The lowest BCUT2D eigenvalue weighted by Crippen LogP contribution is -2.31. The van der Waals surface area contributed by atoms with Crippen LogP contribution in [0.1, 0.15) is 46.2 Å². The Bertz CT molecular complexity index is 928. The first-order valence-electron chi connectivity index (χ1n) is 8.31. The zero-order valence-electron chi connectivity index (χ0n) is 13.9. The summed E-state index contributed by atoms with van der Waals surface area (Å²) in [5.74, 6) is -0.0431. The number of nitrogens with one attached hydrogen (secondary N) is 1. The van der Waals surface area contributed by atoms with Crippen LogP contribution in [0.25, 0.3) is 10.9 Å². The van der Waals surface area contributed by atoms with Gasteiger partial charge in [0.15, 0.2) is 0 Å². The Morgan fingerprint density at radius 2 is 2.17 bits per heavy atom. The number of hydrogen-bond donors (Lipinski definition) is 1. The molecule has 4 rings (SSSR count). The average Bonchev–Trinajstić information content (AvgIpc) is 2.96. The number of amides is 1. The largest absolute Gasteiger partial charge is 0.345 e. The molecule has 0 fully saturated rings. The number of rotatable bonds is 2. The van der Waals surface area contributed by atoms with Crippen LogP contribution in [0.2, 0.25) is 0 Å². The topological polar surface area (TPSA) is 59.8 Å². The van der Waals surface area contributed by atoms with Gasteiger partial charge in [-0.25, -0.2) is 0 Å². The normalized spacial score (nSPS) is 16.8. The van der Waals surface area contributed by atoms with Crippen molar-refractivity contribution in [2.45, 2.75) is 32.2 Å². The number of pyridine rings is 1. The lowest BCUT2D eigenvalue weighted by atomic mass is 9.92. The fraction of sp³-hybridized carbons (Fsp3) is 0.316. The van der Waals surface area contributed by atoms with E-state index < -0.39 is 0 Å². The van der Waals surface area contributed by atoms with Crippen LogP contribution in [0.3, 0.4) is 0 Å². The first-order valence-corrected chi connectivity index (χ1v) is 8.31. The molecule has 122 valence electrons. The van der Waals surface area contributed by atoms with Crippen LogP contribution in [-0.2, 0) is 13.5 Å². The summed E-state index contributed by atoms with van der Waals surface area (Å²) in [5, 5.41) is 8.44. The molecule has 1 aromatic carbocycles. The number of benzene rings is 1. The van der Waals surface area contributed by atoms with Gasteiger partial charge < -0.3 is 5.32 Å². The highest BCUT2D eigenvalue weighted by Gasteiger charge is 2.25. The standard InChI is InChI=1S/C19H20N4O/c1-12-10-14(13-6-3-4-7-16(13)21-12)19(24)22-17-8-5-9-18-15(17)11-20-23(18)2/h3-4,6-7,10-11,17H,5,8-9H2,1-2H3,(H,22,24)/t17-/m1/s1. The molecule has 5 heteroatoms. The van der Waals surface area contributed by atoms with Gasteiger partial charge in [0, 0.05) is 29.4 Å². The van der Waals surface area contributed by atoms with Crippen LogP contribution in [0.15, 0.2) is 36.5 Å². The van der Waals surface area contributed by atoms with Crippen molar-refractivity contribution in [2.75, 3.05) is 0 Å². The van der Waals surface area contributed by atoms with Crippen molar-refractivity contribution in [1.82, 2.24) is 20.1 Å². The molecule has 3 aromatic rings. The molecular formula is C19H20N4O. The van der Waals surface area contributed by atoms with Gasteiger partial charge in [0.1, 0.15) is 0 Å². The van der Waals surface area contributed by atoms with Crippen molar-refractivity contribution in [2.24, 2.45) is 7.05 Å². The monoisotopic (exact) mass is 320 g/mol. The molecule has 1 amide bonds. The Hall–Kier alpha value is -2.69. The van der Waals surface area contributed by atoms with Gasteiger partial charge in [-0.1, -0.05) is 18.2 Å². The molecule has 2 heterocycles. The van der Waals surface area contributed by atoms with E-state index in [4.69, 9.17) is 0 Å². The molecule has 0 bridgehead atoms. The molecule has 0 radical (unpaired) electrons. The maximum Gasteiger partial charge on any atom is 0.252 e. The van der Waals surface area contributed by atoms with Crippen LogP contribution in [0.5, 0.6) is 0 Å². The Labute approximate surface area is 140 Å². The van der Waals surface area contributed by atoms with Gasteiger partial charge >= 0.3 is 0 Å². The lowest BCUT2D eigenvalue weighted by Gasteiger charge is -2.24. The predicted molar refractivity (Wildman–Crippen MR) is 92.8 cm³/mol. The highest BCUT2D eigenvalue weighted by Crippen LogP contribution is 2.30. The Morgan fingerprint density at radius 3 is 3.04 bits per heavy atom. The second-order valence-corrected chi connectivity index (χ2v) is 6.42. The van der Waals surface area contributed by atoms with Gasteiger partial charge in [-0.15, -0.1) is 0 Å². The van der Waals surface area contributed by atoms with Crippen molar-refractivity contribution in [3.8, 4) is 0 Å². The second-order valence-electron chi connectivity index (χ2n) is 6.42. The molecule has 0 aliphatic heterocycles. The quantitative estimate of drug-likeness (QED) is 0.789. The lowest BCUT2D eigenvalue weighted by molar-refractivity contribution is 0.0934. The number of carbonyl (C=O) groups is 1. The zero-order chi connectivity index (χ0) is 16.7. The molecular weight excluding hydrogens is 300 g/mol. The van der Waals surface area contributed by atoms with Gasteiger partial charge in [-0.05, 0) is 38.3 Å². The Kier molecular flexibility index (Phi) is 3.56. The molecule has 0 spiro atoms. The number of aromatic nitrogens is 3. The van der Waals surface area contributed by atoms with Crippen LogP contribution in [0, 0.1) is 6.92 Å². The summed E-state index contributed by atoms with van der Waals surface area (Å²) in [6, 6.07) is 9.67. The molecule has 0 unspecified atom stereocenters. The van der Waals surface area contributed by atoms with Crippen molar-refractivity contribution in [1.29, 1.82) is 0 Å². The third-order valence-corrected chi connectivity index (χ3v) is 4.77. The van der Waals surface area contributed by atoms with E-state index in [0.29, 0.717) is 5.56 Å². The smallest absolute Gasteiger partial charge is 0.252 e. The highest BCUT2D eigenvalue weighted by atomic mass is 16.1. The van der Waals surface area contributed by atoms with E-state index >= 15 is 0 Å². The number of carbonyl (C=O) groups excluding carboxylic acids is 1. The van der Waals surface area contributed by atoms with Crippen LogP contribution in [-0.4, -0.2) is 20.7 Å². The number of fused-ring (bicyclic) bond motifs is 2. The van der Waals surface area contributed by atoms with E-state index in [1.807, 2.05) is 55.2 Å². The summed E-state index contributed by atoms with van der Waals surface area (Å²) in [7, 11) is 1.96. The number of hydrogen-bond acceptors (Lipinski definition) is 3. The minimum Gasteiger partial charge on any atom is -0.345 e. The first-order chi connectivity index (χ1) is 11.6. The Morgan fingerprint density at radius 1 is 1.33 bits per heavy atom. The summed E-state index contributed by atoms with van der Waals surface area (Å²) < 4.78 is 1.92. The third kappa shape index (κ3) is 2.46. The van der Waals surface area contributed by atoms with E-state index in [2.05, 4.69) is 15.4 Å². The molecule has 24 heavy (non-hydrogen) atoms. The van der Waals surface area contributed by atoms with Gasteiger partial charge in [0.2, 0.25) is 0 Å². The van der Waals surface area contributed by atoms with E-state index in [1.54, 1.807) is 0 Å². The summed E-state index contributed by atoms with van der Waals surface area (Å²) in [4.78, 5) is 17.4. The van der Waals surface area contributed by atoms with Crippen molar-refractivity contribution < 1.29 is 4.79 Å². The van der Waals surface area contributed by atoms with Crippen molar-refractivity contribution >= 4 is 16.8 Å². The maximum atomic E-state index is 12.9. The van der Waals surface area contributed by atoms with E-state index in [0.717, 1.165) is 41.4 Å². The first kappa shape index (κ1) is 14.9. The summed E-state index contributed by atoms with van der Waals surface area (Å²) in [6.07, 6.45) is 4.92. The van der Waals surface area contributed by atoms with Crippen molar-refractivity contribution in [3.05, 3.63) is 59.0 Å². The molecule has 1 aliphatic carbocycles. The molecule has 1 N–H and O–H groups in total. The molecule has 0 saturated heterocycles. The van der Waals surface area contributed by atoms with Gasteiger partial charge in [0.05, 0.1) is 23.3 Å². The molecule has 5 nitrogen and oxygen atoms in total. The van der Waals surface area contributed by atoms with Crippen LogP contribution in [0.4, 0.5) is 0 Å². The van der Waals surface area contributed by atoms with Crippen LogP contribution < -0.4 is 5.32 Å². The zero-order valence-corrected chi connectivity index (χ0v) is 13.9. The minimum absolute atomic E-state index is 0.0298. The predicted octanol–water partition coefficient (Wildman–Crippen LogP) is 3.08. The average molecular weight is 320 g/mol. The van der Waals surface area contributed by atoms with Gasteiger partial charge in [0.25, 0.3) is 5.91 Å². The maximum absolute atomic E-state index is 12.9. The fourth-order valence-electron chi connectivity index (χ4n) is 3.59. The van der Waals surface area contributed by atoms with E-state index in [-0.39, 0.29) is 11.9 Å². The molecule has 0 saturated carbocycles. The van der Waals surface area contributed by atoms with Gasteiger partial charge in [-0.3, -0.25) is 14.5 Å². The third-order valence-electron chi connectivity index (χ3n) is 4.77. The second kappa shape index (κ2) is 5.74. The van der Waals surface area contributed by atoms with Gasteiger partial charge in [-0.2, -0.15) is 5.10 Å². The fourth-order valence-corrected chi connectivity index (χ4v) is 3.59. The molecule has 2 aromatic heterocycles. The summed E-state index contributed by atoms with van der Waals surface area (Å²) in [5.41, 5.74) is 4.77. The van der Waals surface area contributed by atoms with Crippen LogP contribution >= 0.6 is 0 Å². The minimum atomic E-state index is -0.0431. The Balaban J connectivity index is 1.69. The number of para-hydroxylation sites is 1. The summed E-state index contributed by atoms with van der Waals surface area (Å²) >= 11 is 0. The number of aryl methyl sites for hydroxylation is 2. The number of nitrogens with zero attached hydrogens (tertiary/aromatic N) is 3. The molecule has 1 atom stereocenters. The highest BCUT2D eigenvalue weighted by molar-refractivity contribution is 6.06. The SMILES string of the molecule is Cc1cc(C(=O)N[C@@H]2CCCc3c2cnn3C)c2ccccc2n1. The summed E-state index contributed by atoms with van der Waals surface area (Å²) in [6.45, 7) is 1.92.